The number of aliphatic carboxylic acids is 1. The number of thioether (sulfide) groups is 1. The van der Waals surface area contributed by atoms with Crippen LogP contribution >= 0.6 is 27.7 Å². The topological polar surface area (TPSA) is 55.1 Å². The quantitative estimate of drug-likeness (QED) is 0.800. The summed E-state index contributed by atoms with van der Waals surface area (Å²) in [4.78, 5) is 15.5. The van der Waals surface area contributed by atoms with E-state index in [1.54, 1.807) is 0 Å². The molecule has 0 bridgehead atoms. The second-order valence-corrected chi connectivity index (χ2v) is 7.98. The van der Waals surface area contributed by atoms with E-state index in [4.69, 9.17) is 5.11 Å². The maximum atomic E-state index is 10.9. The van der Waals surface area contributed by atoms with Crippen molar-refractivity contribution in [3.05, 3.63) is 22.7 Å². The summed E-state index contributed by atoms with van der Waals surface area (Å²) in [6.45, 7) is 8.67. The Bertz CT molecular complexity index is 676. The first-order valence-corrected chi connectivity index (χ1v) is 8.50. The number of aromatic nitrogens is 2. The van der Waals surface area contributed by atoms with Crippen molar-refractivity contribution in [2.75, 3.05) is 5.75 Å². The van der Waals surface area contributed by atoms with E-state index in [1.807, 2.05) is 18.2 Å². The molecule has 1 heterocycles. The maximum absolute atomic E-state index is 10.9. The average molecular weight is 371 g/mol. The number of hydrogen-bond acceptors (Lipinski definition) is 3. The van der Waals surface area contributed by atoms with Crippen molar-refractivity contribution in [1.29, 1.82) is 0 Å². The van der Waals surface area contributed by atoms with E-state index in [-0.39, 0.29) is 17.2 Å². The molecule has 1 atom stereocenters. The average Bonchev–Trinajstić information content (AvgIpc) is 2.71. The number of carboxylic acid groups (broad SMARTS) is 1. The Kier molecular flexibility index (Phi) is 4.68. The molecular weight excluding hydrogens is 352 g/mol. The van der Waals surface area contributed by atoms with E-state index in [9.17, 15) is 4.79 Å². The van der Waals surface area contributed by atoms with E-state index >= 15 is 0 Å². The lowest BCUT2D eigenvalue weighted by Gasteiger charge is -2.30. The van der Waals surface area contributed by atoms with Gasteiger partial charge in [-0.1, -0.05) is 48.5 Å². The van der Waals surface area contributed by atoms with Crippen LogP contribution in [0.3, 0.4) is 0 Å². The Morgan fingerprint density at radius 3 is 2.71 bits per heavy atom. The van der Waals surface area contributed by atoms with Crippen LogP contribution < -0.4 is 0 Å². The van der Waals surface area contributed by atoms with Gasteiger partial charge in [-0.2, -0.15) is 0 Å². The number of rotatable bonds is 4. The highest BCUT2D eigenvalue weighted by atomic mass is 79.9. The summed E-state index contributed by atoms with van der Waals surface area (Å²) in [6.07, 6.45) is 0. The zero-order valence-corrected chi connectivity index (χ0v) is 15.0. The Morgan fingerprint density at radius 2 is 2.14 bits per heavy atom. The van der Waals surface area contributed by atoms with Crippen molar-refractivity contribution in [3.8, 4) is 0 Å². The minimum Gasteiger partial charge on any atom is -0.481 e. The molecule has 0 fully saturated rings. The largest absolute Gasteiger partial charge is 0.481 e. The highest BCUT2D eigenvalue weighted by Gasteiger charge is 2.26. The van der Waals surface area contributed by atoms with E-state index in [0.717, 1.165) is 20.7 Å². The summed E-state index contributed by atoms with van der Waals surface area (Å²) in [5, 5.41) is 9.68. The van der Waals surface area contributed by atoms with Crippen LogP contribution in [-0.2, 0) is 4.79 Å². The fourth-order valence-corrected chi connectivity index (χ4v) is 3.20. The predicted molar refractivity (Wildman–Crippen MR) is 90.0 cm³/mol. The molecule has 21 heavy (non-hydrogen) atoms. The van der Waals surface area contributed by atoms with Crippen LogP contribution in [0.5, 0.6) is 0 Å². The number of carbonyl (C=O) groups is 1. The highest BCUT2D eigenvalue weighted by Crippen LogP contribution is 2.37. The van der Waals surface area contributed by atoms with Gasteiger partial charge in [-0.3, -0.25) is 4.79 Å². The van der Waals surface area contributed by atoms with E-state index in [2.05, 4.69) is 53.2 Å². The molecule has 0 aliphatic carbocycles. The molecule has 0 spiro atoms. The van der Waals surface area contributed by atoms with Crippen molar-refractivity contribution in [2.45, 2.75) is 38.9 Å². The van der Waals surface area contributed by atoms with Crippen molar-refractivity contribution in [3.63, 3.8) is 0 Å². The summed E-state index contributed by atoms with van der Waals surface area (Å²) in [7, 11) is 0. The maximum Gasteiger partial charge on any atom is 0.313 e. The SMILES string of the molecule is CC(n1c(SCC(=O)O)nc2cc(Br)ccc21)C(C)(C)C. The van der Waals surface area contributed by atoms with Crippen molar-refractivity contribution < 1.29 is 9.90 Å². The van der Waals surface area contributed by atoms with E-state index in [1.165, 1.54) is 11.8 Å². The summed E-state index contributed by atoms with van der Waals surface area (Å²) in [6, 6.07) is 6.19. The highest BCUT2D eigenvalue weighted by molar-refractivity contribution is 9.10. The summed E-state index contributed by atoms with van der Waals surface area (Å²) < 4.78 is 3.12. The van der Waals surface area contributed by atoms with Crippen LogP contribution in [0.1, 0.15) is 33.7 Å². The molecule has 0 amide bonds. The van der Waals surface area contributed by atoms with Gasteiger partial charge in [0.2, 0.25) is 0 Å². The zero-order chi connectivity index (χ0) is 15.8. The Labute approximate surface area is 137 Å². The van der Waals surface area contributed by atoms with Crippen LogP contribution in [0.15, 0.2) is 27.8 Å². The molecule has 0 saturated heterocycles. The Hall–Kier alpha value is -1.01. The Morgan fingerprint density at radius 1 is 1.48 bits per heavy atom. The Balaban J connectivity index is 2.57. The molecule has 1 aromatic heterocycles. The van der Waals surface area contributed by atoms with Gasteiger partial charge in [-0.05, 0) is 30.5 Å². The molecule has 6 heteroatoms. The fraction of sp³-hybridized carbons (Fsp3) is 0.467. The minimum absolute atomic E-state index is 0.0152. The standard InChI is InChI=1S/C15H19BrN2O2S/c1-9(15(2,3)4)18-12-6-5-10(16)7-11(12)17-14(18)21-8-13(19)20/h5-7,9H,8H2,1-4H3,(H,19,20). The lowest BCUT2D eigenvalue weighted by Crippen LogP contribution is -2.22. The fourth-order valence-electron chi connectivity index (χ4n) is 2.04. The van der Waals surface area contributed by atoms with E-state index in [0.29, 0.717) is 0 Å². The van der Waals surface area contributed by atoms with Gasteiger partial charge in [0, 0.05) is 10.5 Å². The second kappa shape index (κ2) is 6.01. The van der Waals surface area contributed by atoms with Crippen LogP contribution in [0.4, 0.5) is 0 Å². The molecule has 0 radical (unpaired) electrons. The molecule has 1 unspecified atom stereocenters. The summed E-state index contributed by atoms with van der Waals surface area (Å²) in [5.41, 5.74) is 1.97. The van der Waals surface area contributed by atoms with Gasteiger partial charge in [-0.15, -0.1) is 0 Å². The van der Waals surface area contributed by atoms with Crippen LogP contribution in [0.2, 0.25) is 0 Å². The first-order valence-electron chi connectivity index (χ1n) is 6.72. The number of halogens is 1. The van der Waals surface area contributed by atoms with Gasteiger partial charge >= 0.3 is 5.97 Å². The first kappa shape index (κ1) is 16.4. The zero-order valence-electron chi connectivity index (χ0n) is 12.6. The molecule has 2 rings (SSSR count). The number of fused-ring (bicyclic) bond motifs is 1. The lowest BCUT2D eigenvalue weighted by atomic mass is 9.88. The van der Waals surface area contributed by atoms with E-state index < -0.39 is 5.97 Å². The molecule has 114 valence electrons. The molecule has 4 nitrogen and oxygen atoms in total. The number of hydrogen-bond donors (Lipinski definition) is 1. The monoisotopic (exact) mass is 370 g/mol. The predicted octanol–water partition coefficient (Wildman–Crippen LogP) is 4.58. The number of benzene rings is 1. The van der Waals surface area contributed by atoms with Gasteiger partial charge in [-0.25, -0.2) is 4.98 Å². The van der Waals surface area contributed by atoms with Crippen LogP contribution in [0.25, 0.3) is 11.0 Å². The molecule has 1 N–H and O–H groups in total. The molecule has 0 aliphatic heterocycles. The second-order valence-electron chi connectivity index (χ2n) is 6.12. The minimum atomic E-state index is -0.830. The number of carboxylic acids is 1. The van der Waals surface area contributed by atoms with Gasteiger partial charge in [0.05, 0.1) is 16.8 Å². The van der Waals surface area contributed by atoms with Crippen molar-refractivity contribution >= 4 is 44.7 Å². The third-order valence-electron chi connectivity index (χ3n) is 3.58. The molecular formula is C15H19BrN2O2S. The smallest absolute Gasteiger partial charge is 0.313 e. The molecule has 1 aromatic carbocycles. The third kappa shape index (κ3) is 3.61. The number of imidazole rings is 1. The lowest BCUT2D eigenvalue weighted by molar-refractivity contribution is -0.133. The van der Waals surface area contributed by atoms with Gasteiger partial charge < -0.3 is 9.67 Å². The molecule has 0 saturated carbocycles. The van der Waals surface area contributed by atoms with Gasteiger partial charge in [0.15, 0.2) is 5.16 Å². The van der Waals surface area contributed by atoms with Crippen molar-refractivity contribution in [2.24, 2.45) is 5.41 Å². The van der Waals surface area contributed by atoms with Crippen LogP contribution in [0, 0.1) is 5.41 Å². The molecule has 0 aliphatic rings. The third-order valence-corrected chi connectivity index (χ3v) is 5.02. The summed E-state index contributed by atoms with van der Waals surface area (Å²) >= 11 is 4.72. The van der Waals surface area contributed by atoms with Crippen molar-refractivity contribution in [1.82, 2.24) is 9.55 Å². The summed E-state index contributed by atoms with van der Waals surface area (Å²) in [5.74, 6) is -0.815. The number of nitrogens with zero attached hydrogens (tertiary/aromatic N) is 2. The van der Waals surface area contributed by atoms with Gasteiger partial charge in [0.25, 0.3) is 0 Å². The van der Waals surface area contributed by atoms with Gasteiger partial charge in [0.1, 0.15) is 0 Å². The normalized spacial score (nSPS) is 13.6. The first-order chi connectivity index (χ1) is 9.70. The molecule has 2 aromatic rings. The van der Waals surface area contributed by atoms with Crippen LogP contribution in [-0.4, -0.2) is 26.4 Å².